The van der Waals surface area contributed by atoms with Gasteiger partial charge in [-0.2, -0.15) is 0 Å². The van der Waals surface area contributed by atoms with Crippen LogP contribution in [0.1, 0.15) is 12.6 Å². The number of H-pyrrole nitrogens is 1. The van der Waals surface area contributed by atoms with Gasteiger partial charge < -0.3 is 21.4 Å². The van der Waals surface area contributed by atoms with Gasteiger partial charge in [0, 0.05) is 43.5 Å². The Bertz CT molecular complexity index is 482. The molecule has 102 valence electrons. The van der Waals surface area contributed by atoms with Gasteiger partial charge in [0.1, 0.15) is 18.0 Å². The molecule has 0 radical (unpaired) electrons. The smallest absolute Gasteiger partial charge is 0.131 e. The first kappa shape index (κ1) is 13.4. The van der Waals surface area contributed by atoms with Gasteiger partial charge in [-0.15, -0.1) is 0 Å². The van der Waals surface area contributed by atoms with Crippen molar-refractivity contribution in [3.05, 3.63) is 36.4 Å². The predicted molar refractivity (Wildman–Crippen MR) is 77.2 cm³/mol. The zero-order valence-corrected chi connectivity index (χ0v) is 11.1. The summed E-state index contributed by atoms with van der Waals surface area (Å²) < 4.78 is 0. The van der Waals surface area contributed by atoms with Gasteiger partial charge in [0.25, 0.3) is 0 Å². The molecule has 2 heterocycles. The Morgan fingerprint density at radius 3 is 2.95 bits per heavy atom. The molecule has 0 saturated carbocycles. The Morgan fingerprint density at radius 2 is 2.21 bits per heavy atom. The summed E-state index contributed by atoms with van der Waals surface area (Å²) in [5.41, 5.74) is 6.77. The normalized spacial score (nSPS) is 12.1. The van der Waals surface area contributed by atoms with Crippen molar-refractivity contribution in [2.75, 3.05) is 23.7 Å². The van der Waals surface area contributed by atoms with Crippen molar-refractivity contribution >= 4 is 11.6 Å². The molecule has 0 aliphatic heterocycles. The third-order valence-electron chi connectivity index (χ3n) is 2.78. The summed E-state index contributed by atoms with van der Waals surface area (Å²) in [7, 11) is 0. The lowest BCUT2D eigenvalue weighted by atomic mass is 10.3. The minimum atomic E-state index is 0.196. The van der Waals surface area contributed by atoms with Gasteiger partial charge in [0.15, 0.2) is 0 Å². The predicted octanol–water partition coefficient (Wildman–Crippen LogP) is 1.22. The molecule has 0 aliphatic rings. The summed E-state index contributed by atoms with van der Waals surface area (Å²) >= 11 is 0. The van der Waals surface area contributed by atoms with Crippen molar-refractivity contribution in [3.63, 3.8) is 0 Å². The molecule has 0 bridgehead atoms. The molecule has 0 aliphatic carbocycles. The molecule has 0 amide bonds. The molecule has 0 fully saturated rings. The molecule has 0 spiro atoms. The zero-order valence-electron chi connectivity index (χ0n) is 11.1. The fourth-order valence-electron chi connectivity index (χ4n) is 1.69. The molecule has 1 atom stereocenters. The Balaban J connectivity index is 1.84. The summed E-state index contributed by atoms with van der Waals surface area (Å²) in [5, 5.41) is 6.49. The number of aromatic nitrogens is 3. The Morgan fingerprint density at radius 1 is 1.37 bits per heavy atom. The van der Waals surface area contributed by atoms with Gasteiger partial charge in [-0.1, -0.05) is 0 Å². The zero-order chi connectivity index (χ0) is 13.5. The maximum absolute atomic E-state index is 5.57. The highest BCUT2D eigenvalue weighted by molar-refractivity contribution is 5.46. The molecule has 1 unspecified atom stereocenters. The average Bonchev–Trinajstić information content (AvgIpc) is 2.92. The van der Waals surface area contributed by atoms with Crippen LogP contribution in [0, 0.1) is 0 Å². The van der Waals surface area contributed by atoms with Gasteiger partial charge in [-0.3, -0.25) is 0 Å². The van der Waals surface area contributed by atoms with Crippen LogP contribution < -0.4 is 16.4 Å². The lowest BCUT2D eigenvalue weighted by molar-refractivity contribution is 0.797. The van der Waals surface area contributed by atoms with E-state index in [1.165, 1.54) is 5.69 Å². The fraction of sp³-hybridized carbons (Fsp3) is 0.385. The van der Waals surface area contributed by atoms with Crippen molar-refractivity contribution in [1.82, 2.24) is 15.0 Å². The molecule has 2 aromatic heterocycles. The molecular weight excluding hydrogens is 240 g/mol. The van der Waals surface area contributed by atoms with Gasteiger partial charge in [0.05, 0.1) is 0 Å². The SMILES string of the molecule is CC(CN)Nc1cc(NCCc2ccc[nH]2)ncn1. The van der Waals surface area contributed by atoms with Crippen LogP contribution in [0.3, 0.4) is 0 Å². The minimum absolute atomic E-state index is 0.196. The monoisotopic (exact) mass is 260 g/mol. The number of aromatic amines is 1. The quantitative estimate of drug-likeness (QED) is 0.601. The number of nitrogens with two attached hydrogens (primary N) is 1. The molecule has 2 aromatic rings. The van der Waals surface area contributed by atoms with E-state index in [4.69, 9.17) is 5.73 Å². The average molecular weight is 260 g/mol. The minimum Gasteiger partial charge on any atom is -0.370 e. The Kier molecular flexibility index (Phi) is 4.74. The third-order valence-corrected chi connectivity index (χ3v) is 2.78. The lowest BCUT2D eigenvalue weighted by Crippen LogP contribution is -2.25. The first-order chi connectivity index (χ1) is 9.28. The third kappa shape index (κ3) is 4.26. The van der Waals surface area contributed by atoms with E-state index < -0.39 is 0 Å². The standard InChI is InChI=1S/C13H20N6/c1-10(8-14)19-13-7-12(17-9-18-13)16-6-4-11-3-2-5-15-11/h2-3,5,7,9-10,15H,4,6,8,14H2,1H3,(H2,16,17,18,19). The molecule has 0 saturated heterocycles. The topological polar surface area (TPSA) is 91.7 Å². The van der Waals surface area contributed by atoms with E-state index in [0.29, 0.717) is 6.54 Å². The maximum atomic E-state index is 5.57. The van der Waals surface area contributed by atoms with Crippen LogP contribution in [0.5, 0.6) is 0 Å². The first-order valence-electron chi connectivity index (χ1n) is 6.42. The van der Waals surface area contributed by atoms with Crippen LogP contribution >= 0.6 is 0 Å². The number of rotatable bonds is 7. The van der Waals surface area contributed by atoms with Gasteiger partial charge in [0.2, 0.25) is 0 Å². The van der Waals surface area contributed by atoms with E-state index in [1.807, 2.05) is 25.3 Å². The maximum Gasteiger partial charge on any atom is 0.131 e. The summed E-state index contributed by atoms with van der Waals surface area (Å²) in [4.78, 5) is 11.5. The number of anilines is 2. The Hall–Kier alpha value is -2.08. The van der Waals surface area contributed by atoms with Crippen LogP contribution in [0.2, 0.25) is 0 Å². The van der Waals surface area contributed by atoms with Crippen molar-refractivity contribution in [3.8, 4) is 0 Å². The molecule has 2 rings (SSSR count). The highest BCUT2D eigenvalue weighted by Crippen LogP contribution is 2.09. The molecular formula is C13H20N6. The summed E-state index contributed by atoms with van der Waals surface area (Å²) in [5.74, 6) is 1.60. The van der Waals surface area contributed by atoms with Crippen molar-refractivity contribution < 1.29 is 0 Å². The van der Waals surface area contributed by atoms with Crippen molar-refractivity contribution in [1.29, 1.82) is 0 Å². The number of nitrogens with zero attached hydrogens (tertiary/aromatic N) is 2. The summed E-state index contributed by atoms with van der Waals surface area (Å²) in [6, 6.07) is 6.15. The molecule has 6 nitrogen and oxygen atoms in total. The highest BCUT2D eigenvalue weighted by atomic mass is 15.1. The fourth-order valence-corrected chi connectivity index (χ4v) is 1.69. The van der Waals surface area contributed by atoms with Crippen LogP contribution in [0.4, 0.5) is 11.6 Å². The van der Waals surface area contributed by atoms with Crippen molar-refractivity contribution in [2.45, 2.75) is 19.4 Å². The second kappa shape index (κ2) is 6.75. The van der Waals surface area contributed by atoms with E-state index >= 15 is 0 Å². The largest absolute Gasteiger partial charge is 0.370 e. The number of nitrogens with one attached hydrogen (secondary N) is 3. The molecule has 0 aromatic carbocycles. The van der Waals surface area contributed by atoms with Crippen LogP contribution in [0.15, 0.2) is 30.7 Å². The van der Waals surface area contributed by atoms with E-state index in [1.54, 1.807) is 6.33 Å². The molecule has 19 heavy (non-hydrogen) atoms. The van der Waals surface area contributed by atoms with E-state index in [-0.39, 0.29) is 6.04 Å². The Labute approximate surface area is 112 Å². The van der Waals surface area contributed by atoms with Crippen molar-refractivity contribution in [2.24, 2.45) is 5.73 Å². The molecule has 6 heteroatoms. The summed E-state index contributed by atoms with van der Waals surface area (Å²) in [6.45, 7) is 3.41. The highest BCUT2D eigenvalue weighted by Gasteiger charge is 2.02. The lowest BCUT2D eigenvalue weighted by Gasteiger charge is -2.12. The van der Waals surface area contributed by atoms with Gasteiger partial charge in [-0.05, 0) is 19.1 Å². The molecule has 5 N–H and O–H groups in total. The second-order valence-electron chi connectivity index (χ2n) is 4.44. The van der Waals surface area contributed by atoms with Gasteiger partial charge >= 0.3 is 0 Å². The van der Waals surface area contributed by atoms with E-state index in [0.717, 1.165) is 24.6 Å². The van der Waals surface area contributed by atoms with Crippen LogP contribution in [0.25, 0.3) is 0 Å². The van der Waals surface area contributed by atoms with Crippen LogP contribution in [-0.4, -0.2) is 34.1 Å². The van der Waals surface area contributed by atoms with Gasteiger partial charge in [-0.25, -0.2) is 9.97 Å². The van der Waals surface area contributed by atoms with E-state index in [2.05, 4.69) is 31.7 Å². The van der Waals surface area contributed by atoms with Crippen LogP contribution in [-0.2, 0) is 6.42 Å². The summed E-state index contributed by atoms with van der Waals surface area (Å²) in [6.07, 6.45) is 4.40. The second-order valence-corrected chi connectivity index (χ2v) is 4.44. The number of hydrogen-bond acceptors (Lipinski definition) is 5. The number of hydrogen-bond donors (Lipinski definition) is 4. The first-order valence-corrected chi connectivity index (χ1v) is 6.42. The van der Waals surface area contributed by atoms with E-state index in [9.17, 15) is 0 Å².